The van der Waals surface area contributed by atoms with Gasteiger partial charge in [-0.05, 0) is 44.0 Å². The topological polar surface area (TPSA) is 80.8 Å². The highest BCUT2D eigenvalue weighted by Crippen LogP contribution is 2.35. The molecule has 2 aliphatic rings. The van der Waals surface area contributed by atoms with Crippen LogP contribution in [-0.4, -0.2) is 41.1 Å². The molecule has 142 valence electrons. The molecule has 1 saturated heterocycles. The number of ketones is 1. The van der Waals surface area contributed by atoms with Gasteiger partial charge in [0.2, 0.25) is 17.6 Å². The van der Waals surface area contributed by atoms with Gasteiger partial charge in [0, 0.05) is 12.1 Å². The molecule has 7 heteroatoms. The molecule has 0 N–H and O–H groups in total. The molecule has 3 rings (SSSR count). The van der Waals surface area contributed by atoms with Crippen LogP contribution < -0.4 is 0 Å². The molecule has 1 aliphatic carbocycles. The van der Waals surface area contributed by atoms with Crippen LogP contribution in [-0.2, 0) is 19.1 Å². The number of halogens is 1. The molecule has 1 heterocycles. The smallest absolute Gasteiger partial charge is 0.308 e. The Labute approximate surface area is 156 Å². The number of allylic oxidation sites excluding steroid dienone is 2. The van der Waals surface area contributed by atoms with Gasteiger partial charge in [0.15, 0.2) is 6.10 Å². The van der Waals surface area contributed by atoms with Crippen molar-refractivity contribution in [3.8, 4) is 0 Å². The first-order chi connectivity index (χ1) is 12.9. The van der Waals surface area contributed by atoms with Crippen LogP contribution in [0.5, 0.6) is 0 Å². The van der Waals surface area contributed by atoms with E-state index >= 15 is 0 Å². The highest BCUT2D eigenvalue weighted by atomic mass is 19.1. The summed E-state index contributed by atoms with van der Waals surface area (Å²) < 4.78 is 18.0. The Kier molecular flexibility index (Phi) is 5.48. The molecule has 1 aliphatic heterocycles. The van der Waals surface area contributed by atoms with Gasteiger partial charge in [-0.3, -0.25) is 24.1 Å². The maximum atomic E-state index is 12.9. The predicted molar refractivity (Wildman–Crippen MR) is 93.0 cm³/mol. The first-order valence-corrected chi connectivity index (χ1v) is 8.88. The van der Waals surface area contributed by atoms with Gasteiger partial charge in [-0.2, -0.15) is 0 Å². The van der Waals surface area contributed by atoms with Crippen molar-refractivity contribution in [3.05, 3.63) is 47.8 Å². The fourth-order valence-electron chi connectivity index (χ4n) is 3.45. The zero-order valence-corrected chi connectivity index (χ0v) is 14.9. The molecule has 6 nitrogen and oxygen atoms in total. The molecule has 0 aromatic heterocycles. The van der Waals surface area contributed by atoms with Crippen molar-refractivity contribution in [2.75, 3.05) is 6.54 Å². The minimum atomic E-state index is -1.04. The molecule has 0 bridgehead atoms. The zero-order valence-electron chi connectivity index (χ0n) is 14.9. The molecular weight excluding hydrogens is 353 g/mol. The molecule has 27 heavy (non-hydrogen) atoms. The quantitative estimate of drug-likeness (QED) is 0.331. The Bertz CT molecular complexity index is 775. The van der Waals surface area contributed by atoms with Crippen molar-refractivity contribution in [1.82, 2.24) is 4.90 Å². The van der Waals surface area contributed by atoms with E-state index < -0.39 is 23.7 Å². The number of amides is 2. The van der Waals surface area contributed by atoms with Crippen LogP contribution in [0.25, 0.3) is 0 Å². The molecule has 3 atom stereocenters. The first kappa shape index (κ1) is 18.9. The monoisotopic (exact) mass is 373 g/mol. The second-order valence-electron chi connectivity index (χ2n) is 6.74. The normalized spacial score (nSPS) is 22.5. The predicted octanol–water partition coefficient (Wildman–Crippen LogP) is 2.28. The minimum absolute atomic E-state index is 0.0546. The largest absolute Gasteiger partial charge is 0.454 e. The highest BCUT2D eigenvalue weighted by molar-refractivity contribution is 6.05. The lowest BCUT2D eigenvalue weighted by Crippen LogP contribution is -2.34. The molecule has 1 aromatic carbocycles. The zero-order chi connectivity index (χ0) is 19.6. The van der Waals surface area contributed by atoms with Gasteiger partial charge < -0.3 is 4.74 Å². The van der Waals surface area contributed by atoms with Gasteiger partial charge in [-0.15, -0.1) is 0 Å². The number of fused-ring (bicyclic) bond motifs is 1. The van der Waals surface area contributed by atoms with Gasteiger partial charge >= 0.3 is 5.97 Å². The molecule has 0 saturated carbocycles. The Hall–Kier alpha value is -2.83. The fraction of sp³-hybridized carbons (Fsp3) is 0.400. The van der Waals surface area contributed by atoms with Crippen molar-refractivity contribution >= 4 is 23.6 Å². The summed E-state index contributed by atoms with van der Waals surface area (Å²) in [5.41, 5.74) is 0.234. The number of benzene rings is 1. The number of hydrogen-bond acceptors (Lipinski definition) is 5. The minimum Gasteiger partial charge on any atom is -0.454 e. The number of carbonyl (C=O) groups excluding carboxylic acids is 4. The molecule has 0 spiro atoms. The molecule has 0 radical (unpaired) electrons. The first-order valence-electron chi connectivity index (χ1n) is 8.88. The van der Waals surface area contributed by atoms with Crippen LogP contribution in [0.2, 0.25) is 0 Å². The number of carbonyl (C=O) groups is 4. The van der Waals surface area contributed by atoms with Crippen molar-refractivity contribution in [2.45, 2.75) is 32.3 Å². The number of ether oxygens (including phenoxy) is 1. The van der Waals surface area contributed by atoms with Crippen LogP contribution in [0.1, 0.15) is 36.5 Å². The van der Waals surface area contributed by atoms with Crippen LogP contribution in [0.3, 0.4) is 0 Å². The lowest BCUT2D eigenvalue weighted by Gasteiger charge is -2.16. The summed E-state index contributed by atoms with van der Waals surface area (Å²) in [6.07, 6.45) is 3.66. The number of hydrogen-bond donors (Lipinski definition) is 0. The molecule has 0 unspecified atom stereocenters. The van der Waals surface area contributed by atoms with Gasteiger partial charge in [0.1, 0.15) is 5.82 Å². The van der Waals surface area contributed by atoms with E-state index in [4.69, 9.17) is 4.74 Å². The van der Waals surface area contributed by atoms with E-state index in [0.29, 0.717) is 12.8 Å². The maximum absolute atomic E-state index is 12.9. The Balaban J connectivity index is 1.52. The fourth-order valence-corrected chi connectivity index (χ4v) is 3.45. The average molecular weight is 373 g/mol. The van der Waals surface area contributed by atoms with Crippen LogP contribution in [0.15, 0.2) is 36.4 Å². The Morgan fingerprint density at radius 2 is 1.67 bits per heavy atom. The van der Waals surface area contributed by atoms with Gasteiger partial charge in [0.25, 0.3) is 0 Å². The third-order valence-corrected chi connectivity index (χ3v) is 4.94. The number of likely N-dealkylation sites (tertiary alicyclic amines) is 1. The number of imide groups is 1. The number of rotatable bonds is 6. The second kappa shape index (κ2) is 7.82. The van der Waals surface area contributed by atoms with E-state index in [-0.39, 0.29) is 42.2 Å². The summed E-state index contributed by atoms with van der Waals surface area (Å²) >= 11 is 0. The highest BCUT2D eigenvalue weighted by Gasteiger charge is 2.47. The Morgan fingerprint density at radius 3 is 2.22 bits per heavy atom. The number of esters is 1. The van der Waals surface area contributed by atoms with Crippen LogP contribution >= 0.6 is 0 Å². The lowest BCUT2D eigenvalue weighted by atomic mass is 9.85. The van der Waals surface area contributed by atoms with E-state index in [1.54, 1.807) is 0 Å². The number of Topliss-reactive ketones (excluding diaryl/α,β-unsaturated/α-hetero) is 1. The maximum Gasteiger partial charge on any atom is 0.308 e. The summed E-state index contributed by atoms with van der Waals surface area (Å²) in [5.74, 6) is -2.77. The molecule has 2 amide bonds. The van der Waals surface area contributed by atoms with Crippen molar-refractivity contribution < 1.29 is 28.3 Å². The second-order valence-corrected chi connectivity index (χ2v) is 6.74. The third kappa shape index (κ3) is 3.97. The standard InChI is InChI=1S/C20H20FNO5/c1-12(18(24)13-6-8-14(21)9-7-13)27-17(23)10-11-22-19(25)15-4-2-3-5-16(15)20(22)26/h2-3,6-9,12,15-16H,4-5,10-11H2,1H3/t12-,15-,16+/m1/s1. The molecular formula is C20H20FNO5. The third-order valence-electron chi connectivity index (χ3n) is 4.94. The molecule has 1 fully saturated rings. The SMILES string of the molecule is C[C@@H](OC(=O)CCN1C(=O)[C@H]2CC=CC[C@H]2C1=O)C(=O)c1ccc(F)cc1. The van der Waals surface area contributed by atoms with E-state index in [1.807, 2.05) is 12.2 Å². The van der Waals surface area contributed by atoms with Gasteiger partial charge in [-0.1, -0.05) is 12.2 Å². The summed E-state index contributed by atoms with van der Waals surface area (Å²) in [7, 11) is 0. The van der Waals surface area contributed by atoms with E-state index in [0.717, 1.165) is 17.0 Å². The summed E-state index contributed by atoms with van der Waals surface area (Å²) in [6.45, 7) is 1.37. The van der Waals surface area contributed by atoms with Gasteiger partial charge in [-0.25, -0.2) is 4.39 Å². The van der Waals surface area contributed by atoms with Crippen LogP contribution in [0.4, 0.5) is 4.39 Å². The average Bonchev–Trinajstić information content (AvgIpc) is 2.91. The van der Waals surface area contributed by atoms with E-state index in [9.17, 15) is 23.6 Å². The van der Waals surface area contributed by atoms with Crippen LogP contribution in [0, 0.1) is 17.7 Å². The van der Waals surface area contributed by atoms with Crippen molar-refractivity contribution in [3.63, 3.8) is 0 Å². The summed E-state index contributed by atoms with van der Waals surface area (Å²) in [6, 6.07) is 4.94. The summed E-state index contributed by atoms with van der Waals surface area (Å²) in [4.78, 5) is 50.0. The molecule has 1 aromatic rings. The van der Waals surface area contributed by atoms with Gasteiger partial charge in [0.05, 0.1) is 18.3 Å². The van der Waals surface area contributed by atoms with Crippen molar-refractivity contribution in [2.24, 2.45) is 11.8 Å². The number of nitrogens with zero attached hydrogens (tertiary/aromatic N) is 1. The van der Waals surface area contributed by atoms with Crippen molar-refractivity contribution in [1.29, 1.82) is 0 Å². The van der Waals surface area contributed by atoms with E-state index in [1.165, 1.54) is 19.1 Å². The lowest BCUT2D eigenvalue weighted by molar-refractivity contribution is -0.147. The van der Waals surface area contributed by atoms with E-state index in [2.05, 4.69) is 0 Å². The summed E-state index contributed by atoms with van der Waals surface area (Å²) in [5, 5.41) is 0. The Morgan fingerprint density at radius 1 is 1.11 bits per heavy atom.